The second kappa shape index (κ2) is 8.57. The molecule has 8 heteroatoms. The van der Waals surface area contributed by atoms with Gasteiger partial charge in [-0.3, -0.25) is 14.5 Å². The Bertz CT molecular complexity index is 1160. The van der Waals surface area contributed by atoms with Crippen LogP contribution in [0.4, 0.5) is 11.4 Å². The average Bonchev–Trinajstić information content (AvgIpc) is 3.43. The number of carboxylic acid groups (broad SMARTS) is 1. The van der Waals surface area contributed by atoms with Crippen LogP contribution in [0.5, 0.6) is 0 Å². The molecule has 164 valence electrons. The van der Waals surface area contributed by atoms with Crippen LogP contribution in [0.1, 0.15) is 36.3 Å². The molecule has 1 N–H and O–H groups in total. The van der Waals surface area contributed by atoms with Gasteiger partial charge in [-0.1, -0.05) is 42.5 Å². The van der Waals surface area contributed by atoms with E-state index in [1.165, 1.54) is 52.9 Å². The highest BCUT2D eigenvalue weighted by atomic mass is 32.2. The molecule has 1 saturated heterocycles. The first-order chi connectivity index (χ1) is 15.5. The average molecular weight is 483 g/mol. The third-order valence-corrected chi connectivity index (χ3v) is 8.42. The smallest absolute Gasteiger partial charge is 0.323 e. The molecule has 32 heavy (non-hydrogen) atoms. The Balaban J connectivity index is 1.49. The van der Waals surface area contributed by atoms with Crippen molar-refractivity contribution in [1.29, 1.82) is 0 Å². The Morgan fingerprint density at radius 1 is 1.28 bits per heavy atom. The first-order valence-corrected chi connectivity index (χ1v) is 13.0. The van der Waals surface area contributed by atoms with Gasteiger partial charge in [-0.05, 0) is 66.6 Å². The van der Waals surface area contributed by atoms with Crippen molar-refractivity contribution < 1.29 is 14.7 Å². The number of thioether (sulfide) groups is 2. The Kier molecular flexibility index (Phi) is 5.77. The van der Waals surface area contributed by atoms with E-state index < -0.39 is 12.5 Å². The first-order valence-electron chi connectivity index (χ1n) is 10.5. The van der Waals surface area contributed by atoms with Gasteiger partial charge in [0.15, 0.2) is 0 Å². The van der Waals surface area contributed by atoms with Crippen molar-refractivity contribution in [2.24, 2.45) is 0 Å². The van der Waals surface area contributed by atoms with Crippen LogP contribution in [-0.2, 0) is 9.59 Å². The summed E-state index contributed by atoms with van der Waals surface area (Å²) in [7, 11) is 0. The summed E-state index contributed by atoms with van der Waals surface area (Å²) in [5.41, 5.74) is 4.75. The quantitative estimate of drug-likeness (QED) is 0.344. The summed E-state index contributed by atoms with van der Waals surface area (Å²) in [4.78, 5) is 29.1. The van der Waals surface area contributed by atoms with E-state index in [1.54, 1.807) is 11.8 Å². The van der Waals surface area contributed by atoms with Gasteiger partial charge in [0.05, 0.1) is 4.91 Å². The maximum Gasteiger partial charge on any atom is 0.323 e. The number of carbonyl (C=O) groups is 2. The van der Waals surface area contributed by atoms with E-state index >= 15 is 0 Å². The van der Waals surface area contributed by atoms with E-state index in [0.717, 1.165) is 10.5 Å². The zero-order chi connectivity index (χ0) is 22.4. The lowest BCUT2D eigenvalue weighted by atomic mass is 9.96. The van der Waals surface area contributed by atoms with Gasteiger partial charge in [0.2, 0.25) is 0 Å². The van der Waals surface area contributed by atoms with E-state index in [0.29, 0.717) is 21.2 Å². The Labute approximate surface area is 200 Å². The number of amides is 1. The molecule has 3 aliphatic rings. The molecule has 5 nitrogen and oxygen atoms in total. The van der Waals surface area contributed by atoms with Crippen LogP contribution in [-0.4, -0.2) is 45.0 Å². The predicted octanol–water partition coefficient (Wildman–Crippen LogP) is 5.48. The molecular formula is C24H22N2O3S3. The number of anilines is 2. The third kappa shape index (κ3) is 3.74. The van der Waals surface area contributed by atoms with Crippen molar-refractivity contribution in [1.82, 2.24) is 4.90 Å². The highest BCUT2D eigenvalue weighted by molar-refractivity contribution is 8.26. The summed E-state index contributed by atoms with van der Waals surface area (Å²) < 4.78 is 0.292. The second-order valence-corrected chi connectivity index (χ2v) is 10.7. The molecule has 2 fully saturated rings. The Hall–Kier alpha value is -2.29. The van der Waals surface area contributed by atoms with Crippen molar-refractivity contribution in [2.75, 3.05) is 17.7 Å². The third-order valence-electron chi connectivity index (χ3n) is 6.32. The number of hydrogen-bond donors (Lipinski definition) is 1. The number of nitrogens with zero attached hydrogens (tertiary/aromatic N) is 2. The summed E-state index contributed by atoms with van der Waals surface area (Å²) in [6.45, 7) is -0.403. The number of fused-ring (bicyclic) bond motifs is 3. The lowest BCUT2D eigenvalue weighted by Gasteiger charge is -2.27. The molecule has 2 heterocycles. The van der Waals surface area contributed by atoms with Crippen molar-refractivity contribution in [3.63, 3.8) is 0 Å². The van der Waals surface area contributed by atoms with Crippen LogP contribution in [0.2, 0.25) is 0 Å². The summed E-state index contributed by atoms with van der Waals surface area (Å²) >= 11 is 8.13. The van der Waals surface area contributed by atoms with Gasteiger partial charge < -0.3 is 10.0 Å². The van der Waals surface area contributed by atoms with E-state index in [2.05, 4.69) is 47.6 Å². The van der Waals surface area contributed by atoms with Gasteiger partial charge in [0.25, 0.3) is 5.91 Å². The van der Waals surface area contributed by atoms with Crippen LogP contribution in [0.25, 0.3) is 6.08 Å². The van der Waals surface area contributed by atoms with Gasteiger partial charge in [-0.25, -0.2) is 0 Å². The molecule has 2 aromatic rings. The number of thiocarbonyl (C=S) groups is 1. The molecule has 1 saturated carbocycles. The highest BCUT2D eigenvalue weighted by Gasteiger charge is 2.42. The summed E-state index contributed by atoms with van der Waals surface area (Å²) in [6, 6.07) is 15.6. The Morgan fingerprint density at radius 3 is 2.91 bits per heavy atom. The second-order valence-electron chi connectivity index (χ2n) is 8.16. The molecule has 2 aromatic carbocycles. The van der Waals surface area contributed by atoms with E-state index in [1.807, 2.05) is 12.1 Å². The van der Waals surface area contributed by atoms with E-state index in [4.69, 9.17) is 17.3 Å². The molecule has 2 unspecified atom stereocenters. The fourth-order valence-corrected chi connectivity index (χ4v) is 6.69. The number of carbonyl (C=O) groups excluding carboxylic acids is 1. The maximum absolute atomic E-state index is 12.6. The van der Waals surface area contributed by atoms with Crippen molar-refractivity contribution in [3.05, 3.63) is 58.5 Å². The van der Waals surface area contributed by atoms with Gasteiger partial charge >= 0.3 is 5.97 Å². The summed E-state index contributed by atoms with van der Waals surface area (Å²) in [6.07, 6.45) is 7.49. The van der Waals surface area contributed by atoms with E-state index in [9.17, 15) is 9.59 Å². The predicted molar refractivity (Wildman–Crippen MR) is 135 cm³/mol. The SMILES string of the molecule is CSc1cccc(N2c3ccc(/C=C4/SC(=S)N(CC(=O)O)C4=O)cc3C3CCCC32)c1. The molecule has 1 aliphatic carbocycles. The molecule has 5 rings (SSSR count). The molecule has 2 aliphatic heterocycles. The van der Waals surface area contributed by atoms with E-state index in [-0.39, 0.29) is 5.91 Å². The van der Waals surface area contributed by atoms with Gasteiger partial charge in [-0.15, -0.1) is 11.8 Å². The minimum atomic E-state index is -1.07. The van der Waals surface area contributed by atoms with Crippen LogP contribution in [0.3, 0.4) is 0 Å². The molecule has 0 spiro atoms. The van der Waals surface area contributed by atoms with Crippen LogP contribution >= 0.6 is 35.7 Å². The topological polar surface area (TPSA) is 60.9 Å². The molecule has 2 atom stereocenters. The zero-order valence-corrected chi connectivity index (χ0v) is 19.9. The number of aliphatic carboxylic acids is 1. The summed E-state index contributed by atoms with van der Waals surface area (Å²) in [5, 5.41) is 9.04. The molecule has 1 amide bonds. The molecule has 0 bridgehead atoms. The van der Waals surface area contributed by atoms with Gasteiger partial charge in [-0.2, -0.15) is 0 Å². The summed E-state index contributed by atoms with van der Waals surface area (Å²) in [5.74, 6) is -0.923. The van der Waals surface area contributed by atoms with Crippen LogP contribution in [0.15, 0.2) is 52.3 Å². The lowest BCUT2D eigenvalue weighted by molar-refractivity contribution is -0.140. The number of benzene rings is 2. The van der Waals surface area contributed by atoms with Crippen LogP contribution in [0, 0.1) is 0 Å². The minimum absolute atomic E-state index is 0.292. The van der Waals surface area contributed by atoms with Gasteiger partial charge in [0, 0.05) is 28.2 Å². The molecule has 0 aromatic heterocycles. The first kappa shape index (κ1) is 21.6. The zero-order valence-electron chi connectivity index (χ0n) is 17.5. The number of rotatable bonds is 5. The monoisotopic (exact) mass is 482 g/mol. The van der Waals surface area contributed by atoms with Crippen molar-refractivity contribution >= 4 is 69.4 Å². The highest BCUT2D eigenvalue weighted by Crippen LogP contribution is 2.52. The standard InChI is InChI=1S/C24H22N2O3S3/c1-31-16-5-2-4-15(12-16)26-19-7-3-6-17(19)18-10-14(8-9-20(18)26)11-21-23(29)25(13-22(27)28)24(30)32-21/h2,4-5,8-12,17,19H,3,6-7,13H2,1H3,(H,27,28)/b21-11+. The van der Waals surface area contributed by atoms with Crippen LogP contribution < -0.4 is 4.90 Å². The fourth-order valence-electron chi connectivity index (χ4n) is 4.98. The van der Waals surface area contributed by atoms with Crippen molar-refractivity contribution in [2.45, 2.75) is 36.1 Å². The minimum Gasteiger partial charge on any atom is -0.480 e. The number of carboxylic acids is 1. The van der Waals surface area contributed by atoms with Gasteiger partial charge in [0.1, 0.15) is 10.9 Å². The Morgan fingerprint density at radius 2 is 2.12 bits per heavy atom. The number of hydrogen-bond acceptors (Lipinski definition) is 6. The lowest BCUT2D eigenvalue weighted by Crippen LogP contribution is -2.33. The van der Waals surface area contributed by atoms with Crippen molar-refractivity contribution in [3.8, 4) is 0 Å². The fraction of sp³-hybridized carbons (Fsp3) is 0.292. The maximum atomic E-state index is 12.6. The molecular weight excluding hydrogens is 460 g/mol. The largest absolute Gasteiger partial charge is 0.480 e. The molecule has 0 radical (unpaired) electrons. The normalized spacial score (nSPS) is 23.2.